The number of benzene rings is 2. The summed E-state index contributed by atoms with van der Waals surface area (Å²) in [6, 6.07) is 3.71. The van der Waals surface area contributed by atoms with E-state index in [0.29, 0.717) is 6.07 Å². The number of amides is 1. The van der Waals surface area contributed by atoms with Crippen molar-refractivity contribution < 1.29 is 45.0 Å². The molecule has 0 spiro atoms. The minimum Gasteiger partial charge on any atom is -0.457 e. The molecule has 0 aliphatic heterocycles. The lowest BCUT2D eigenvalue weighted by molar-refractivity contribution is -0.0436. The predicted molar refractivity (Wildman–Crippen MR) is 115 cm³/mol. The van der Waals surface area contributed by atoms with Crippen LogP contribution in [0.1, 0.15) is 49.2 Å². The number of Topliss-reactive ketones (excluding diaryl/α,β-unsaturated/α-hetero) is 1. The van der Waals surface area contributed by atoms with Gasteiger partial charge in [0, 0.05) is 28.1 Å². The molecular formula is C21H18BrF4NO6S. The number of sulfone groups is 1. The lowest BCUT2D eigenvalue weighted by Crippen LogP contribution is -2.34. The van der Waals surface area contributed by atoms with E-state index in [1.54, 1.807) is 20.8 Å². The van der Waals surface area contributed by atoms with Gasteiger partial charge in [-0.1, -0.05) is 15.9 Å². The first-order chi connectivity index (χ1) is 15.5. The normalized spacial score (nSPS) is 16.2. The summed E-state index contributed by atoms with van der Waals surface area (Å²) in [5.41, 5.74) is -7.65. The maximum atomic E-state index is 13.8. The molecule has 2 aromatic rings. The molecule has 1 aliphatic carbocycles. The largest absolute Gasteiger partial charge is 0.501 e. The van der Waals surface area contributed by atoms with Gasteiger partial charge in [0.15, 0.2) is 5.78 Å². The number of alkyl halides is 3. The molecule has 1 N–H and O–H groups in total. The van der Waals surface area contributed by atoms with Crippen LogP contribution in [-0.2, 0) is 14.6 Å². The van der Waals surface area contributed by atoms with E-state index in [9.17, 15) is 35.6 Å². The highest BCUT2D eigenvalue weighted by Gasteiger charge is 2.50. The van der Waals surface area contributed by atoms with E-state index >= 15 is 0 Å². The zero-order valence-electron chi connectivity index (χ0n) is 17.9. The minimum atomic E-state index is -5.91. The first-order valence-corrected chi connectivity index (χ1v) is 11.9. The van der Waals surface area contributed by atoms with Crippen molar-refractivity contribution in [3.05, 3.63) is 51.7 Å². The van der Waals surface area contributed by atoms with Gasteiger partial charge >= 0.3 is 11.6 Å². The summed E-state index contributed by atoms with van der Waals surface area (Å²) >= 11 is 3.08. The number of nitrogens with one attached hydrogen (secondary N) is 1. The van der Waals surface area contributed by atoms with Crippen LogP contribution in [-0.4, -0.2) is 31.4 Å². The highest BCUT2D eigenvalue weighted by Crippen LogP contribution is 2.45. The van der Waals surface area contributed by atoms with E-state index in [4.69, 9.17) is 9.47 Å². The highest BCUT2D eigenvalue weighted by atomic mass is 79.9. The fourth-order valence-electron chi connectivity index (χ4n) is 3.33. The fourth-order valence-corrected chi connectivity index (χ4v) is 4.76. The lowest BCUT2D eigenvalue weighted by Gasteiger charge is -2.23. The van der Waals surface area contributed by atoms with E-state index in [0.717, 1.165) is 18.2 Å². The SMILES string of the molecule is CC(C)(C)OC(=O)NC1CC(=O)c2c(S(=O)(=O)C(F)(F)F)ccc(Oc3cc(F)cc(Br)c3)c21. The van der Waals surface area contributed by atoms with Crippen molar-refractivity contribution in [3.63, 3.8) is 0 Å². The molecule has 3 rings (SSSR count). The van der Waals surface area contributed by atoms with Gasteiger partial charge in [0.05, 0.1) is 10.9 Å². The Morgan fingerprint density at radius 1 is 1.15 bits per heavy atom. The van der Waals surface area contributed by atoms with Crippen LogP contribution in [0.5, 0.6) is 11.5 Å². The summed E-state index contributed by atoms with van der Waals surface area (Å²) in [6.07, 6.45) is -1.52. The Morgan fingerprint density at radius 2 is 1.79 bits per heavy atom. The zero-order valence-corrected chi connectivity index (χ0v) is 20.3. The number of carbonyl (C=O) groups excluding carboxylic acids is 2. The van der Waals surface area contributed by atoms with Crippen LogP contribution in [0.3, 0.4) is 0 Å². The van der Waals surface area contributed by atoms with Gasteiger partial charge in [-0.25, -0.2) is 17.6 Å². The molecule has 0 radical (unpaired) electrons. The molecular weight excluding hydrogens is 550 g/mol. The maximum Gasteiger partial charge on any atom is 0.501 e. The summed E-state index contributed by atoms with van der Waals surface area (Å²) in [5, 5.41) is 2.37. The molecule has 0 fully saturated rings. The Labute approximate surface area is 200 Å². The summed E-state index contributed by atoms with van der Waals surface area (Å²) in [6.45, 7) is 4.72. The van der Waals surface area contributed by atoms with E-state index in [1.807, 2.05) is 0 Å². The zero-order chi connectivity index (χ0) is 25.6. The number of halogens is 5. The Hall–Kier alpha value is -2.67. The van der Waals surface area contributed by atoms with Crippen molar-refractivity contribution in [2.75, 3.05) is 0 Å². The Morgan fingerprint density at radius 3 is 2.35 bits per heavy atom. The van der Waals surface area contributed by atoms with Crippen LogP contribution in [0.25, 0.3) is 0 Å². The molecule has 13 heteroatoms. The molecule has 0 aromatic heterocycles. The monoisotopic (exact) mass is 567 g/mol. The van der Waals surface area contributed by atoms with Crippen molar-refractivity contribution in [2.45, 2.75) is 49.2 Å². The van der Waals surface area contributed by atoms with Crippen molar-refractivity contribution in [2.24, 2.45) is 0 Å². The average Bonchev–Trinajstić information content (AvgIpc) is 2.95. The molecule has 0 saturated heterocycles. The van der Waals surface area contributed by atoms with Gasteiger partial charge in [-0.15, -0.1) is 0 Å². The molecule has 1 atom stereocenters. The van der Waals surface area contributed by atoms with Crippen molar-refractivity contribution in [3.8, 4) is 11.5 Å². The number of carbonyl (C=O) groups is 2. The van der Waals surface area contributed by atoms with Gasteiger partial charge in [-0.3, -0.25) is 4.79 Å². The van der Waals surface area contributed by atoms with E-state index in [1.165, 1.54) is 6.07 Å². The molecule has 2 aromatic carbocycles. The first kappa shape index (κ1) is 25.9. The van der Waals surface area contributed by atoms with Gasteiger partial charge in [-0.2, -0.15) is 13.2 Å². The van der Waals surface area contributed by atoms with Gasteiger partial charge in [0.2, 0.25) is 0 Å². The molecule has 7 nitrogen and oxygen atoms in total. The number of fused-ring (bicyclic) bond motifs is 1. The van der Waals surface area contributed by atoms with Crippen molar-refractivity contribution >= 4 is 37.6 Å². The van der Waals surface area contributed by atoms with E-state index in [2.05, 4.69) is 21.2 Å². The van der Waals surface area contributed by atoms with Crippen LogP contribution in [0, 0.1) is 5.82 Å². The van der Waals surface area contributed by atoms with Gasteiger partial charge in [0.1, 0.15) is 22.9 Å². The summed E-state index contributed by atoms with van der Waals surface area (Å²) in [4.78, 5) is 23.7. The Kier molecular flexibility index (Phi) is 6.74. The molecule has 1 aliphatic rings. The smallest absolute Gasteiger partial charge is 0.457 e. The Balaban J connectivity index is 2.16. The maximum absolute atomic E-state index is 13.8. The third-order valence-corrected chi connectivity index (χ3v) is 6.52. The molecule has 184 valence electrons. The second kappa shape index (κ2) is 8.84. The Bertz CT molecular complexity index is 1250. The second-order valence-corrected chi connectivity index (χ2v) is 11.2. The second-order valence-electron chi connectivity index (χ2n) is 8.33. The molecule has 1 amide bonds. The van der Waals surface area contributed by atoms with Crippen LogP contribution in [0.2, 0.25) is 0 Å². The number of ketones is 1. The highest BCUT2D eigenvalue weighted by molar-refractivity contribution is 9.10. The number of alkyl carbamates (subject to hydrolysis) is 1. The molecule has 0 bridgehead atoms. The number of rotatable bonds is 4. The van der Waals surface area contributed by atoms with E-state index in [-0.39, 0.29) is 21.5 Å². The molecule has 0 saturated carbocycles. The first-order valence-electron chi connectivity index (χ1n) is 9.64. The van der Waals surface area contributed by atoms with Crippen LogP contribution >= 0.6 is 15.9 Å². The predicted octanol–water partition coefficient (Wildman–Crippen LogP) is 5.83. The summed E-state index contributed by atoms with van der Waals surface area (Å²) < 4.78 is 88.9. The van der Waals surface area contributed by atoms with Crippen LogP contribution in [0.4, 0.5) is 22.4 Å². The number of hydrogen-bond donors (Lipinski definition) is 1. The van der Waals surface area contributed by atoms with Gasteiger partial charge in [0.25, 0.3) is 9.84 Å². The molecule has 34 heavy (non-hydrogen) atoms. The van der Waals surface area contributed by atoms with Crippen molar-refractivity contribution in [1.82, 2.24) is 5.32 Å². The van der Waals surface area contributed by atoms with E-state index < -0.39 is 61.6 Å². The van der Waals surface area contributed by atoms with Crippen molar-refractivity contribution in [1.29, 1.82) is 0 Å². The average molecular weight is 568 g/mol. The lowest BCUT2D eigenvalue weighted by atomic mass is 10.1. The van der Waals surface area contributed by atoms with Crippen LogP contribution in [0.15, 0.2) is 39.7 Å². The summed E-state index contributed by atoms with van der Waals surface area (Å²) in [5.74, 6) is -1.97. The standard InChI is InChI=1S/C21H18BrF4NO6S/c1-20(2,3)33-19(29)27-13-9-14(28)18-16(34(30,31)21(24,25)26)5-4-15(17(13)18)32-12-7-10(22)6-11(23)8-12/h4-8,13H,9H2,1-3H3,(H,27,29). The molecule has 1 unspecified atom stereocenters. The fraction of sp³-hybridized carbons (Fsp3) is 0.333. The summed E-state index contributed by atoms with van der Waals surface area (Å²) in [7, 11) is -5.91. The third-order valence-electron chi connectivity index (χ3n) is 4.53. The van der Waals surface area contributed by atoms with Gasteiger partial charge < -0.3 is 14.8 Å². The number of ether oxygens (including phenoxy) is 2. The minimum absolute atomic E-state index is 0.0872. The third kappa shape index (κ3) is 5.35. The van der Waals surface area contributed by atoms with Gasteiger partial charge in [-0.05, 0) is 45.0 Å². The quantitative estimate of drug-likeness (QED) is 0.467. The molecule has 0 heterocycles. The topological polar surface area (TPSA) is 98.8 Å². The van der Waals surface area contributed by atoms with Crippen LogP contribution < -0.4 is 10.1 Å². The number of hydrogen-bond acceptors (Lipinski definition) is 6.